The smallest absolute Gasteiger partial charge is 0.232 e. The molecule has 2 heterocycles. The summed E-state index contributed by atoms with van der Waals surface area (Å²) in [6, 6.07) is 13.0. The summed E-state index contributed by atoms with van der Waals surface area (Å²) in [5.74, 6) is 0.650. The van der Waals surface area contributed by atoms with Crippen LogP contribution in [0.3, 0.4) is 0 Å². The summed E-state index contributed by atoms with van der Waals surface area (Å²) in [6.07, 6.45) is 6.56. The molecule has 1 fully saturated rings. The first-order valence-corrected chi connectivity index (χ1v) is 15.9. The number of hydrogen-bond acceptors (Lipinski definition) is 4. The lowest BCUT2D eigenvalue weighted by molar-refractivity contribution is -0.135. The summed E-state index contributed by atoms with van der Waals surface area (Å²) in [7, 11) is 0. The Morgan fingerprint density at radius 1 is 1.07 bits per heavy atom. The number of aromatic amines is 1. The van der Waals surface area contributed by atoms with E-state index in [1.165, 1.54) is 36.0 Å². The van der Waals surface area contributed by atoms with Crippen LogP contribution in [0, 0.1) is 25.3 Å². The number of guanidine groups is 1. The third kappa shape index (κ3) is 7.77. The van der Waals surface area contributed by atoms with Gasteiger partial charge in [0.05, 0.1) is 12.0 Å². The highest BCUT2D eigenvalue weighted by atomic mass is 16.2. The monoisotopic (exact) mass is 583 g/mol. The van der Waals surface area contributed by atoms with E-state index >= 15 is 0 Å². The van der Waals surface area contributed by atoms with Gasteiger partial charge >= 0.3 is 0 Å². The van der Waals surface area contributed by atoms with E-state index in [2.05, 4.69) is 75.8 Å². The molecule has 0 bridgehead atoms. The fourth-order valence-electron chi connectivity index (χ4n) is 6.28. The number of aryl methyl sites for hydroxylation is 2. The second-order valence-corrected chi connectivity index (χ2v) is 12.3. The lowest BCUT2D eigenvalue weighted by Crippen LogP contribution is -2.43. The summed E-state index contributed by atoms with van der Waals surface area (Å²) in [5.41, 5.74) is 7.24. The first-order chi connectivity index (χ1) is 20.7. The first-order valence-electron chi connectivity index (χ1n) is 15.9. The molecule has 0 aliphatic carbocycles. The largest absolute Gasteiger partial charge is 0.355 e. The number of hydrogen-bond donors (Lipinski definition) is 3. The van der Waals surface area contributed by atoms with Gasteiger partial charge in [0.2, 0.25) is 11.9 Å². The van der Waals surface area contributed by atoms with E-state index in [1.807, 2.05) is 38.8 Å². The van der Waals surface area contributed by atoms with Crippen molar-refractivity contribution >= 4 is 22.8 Å². The molecule has 4 rings (SSSR count). The summed E-state index contributed by atoms with van der Waals surface area (Å²) >= 11 is 0. The molecule has 8 heteroatoms. The maximum absolute atomic E-state index is 13.5. The van der Waals surface area contributed by atoms with Gasteiger partial charge in [-0.3, -0.25) is 15.1 Å². The number of piperidine rings is 1. The molecule has 1 aliphatic rings. The highest BCUT2D eigenvalue weighted by molar-refractivity contribution is 5.94. The number of aliphatic imine (C=N–C) groups is 1. The van der Waals surface area contributed by atoms with Crippen molar-refractivity contribution in [3.63, 3.8) is 0 Å². The number of H-pyrrole nitrogens is 1. The SMILES string of the molecule is CCN(CC)C(=O)C(C)(C)c1ccc2[nH]c(-c3cc(C)cc(C)c3)c(CCNC(=NCCN3CCCCC3)NC#N)c2c1. The molecule has 3 aromatic rings. The maximum atomic E-state index is 13.5. The number of rotatable bonds is 11. The van der Waals surface area contributed by atoms with Crippen molar-refractivity contribution in [3.05, 3.63) is 58.7 Å². The Morgan fingerprint density at radius 2 is 1.77 bits per heavy atom. The number of nitrogens with one attached hydrogen (secondary N) is 3. The number of aromatic nitrogens is 1. The van der Waals surface area contributed by atoms with E-state index in [-0.39, 0.29) is 5.91 Å². The third-order valence-corrected chi connectivity index (χ3v) is 8.70. The Labute approximate surface area is 257 Å². The molecule has 0 radical (unpaired) electrons. The number of benzene rings is 2. The van der Waals surface area contributed by atoms with Crippen LogP contribution in [-0.4, -0.2) is 72.5 Å². The van der Waals surface area contributed by atoms with Crippen molar-refractivity contribution < 1.29 is 4.79 Å². The van der Waals surface area contributed by atoms with Crippen molar-refractivity contribution in [1.29, 1.82) is 5.26 Å². The topological polar surface area (TPSA) is 99.6 Å². The Morgan fingerprint density at radius 3 is 2.42 bits per heavy atom. The Bertz CT molecular complexity index is 1450. The van der Waals surface area contributed by atoms with Crippen molar-refractivity contribution in [2.24, 2.45) is 4.99 Å². The molecular formula is C35H49N7O. The van der Waals surface area contributed by atoms with Crippen LogP contribution in [-0.2, 0) is 16.6 Å². The normalized spacial score (nSPS) is 14.5. The molecule has 1 aromatic heterocycles. The van der Waals surface area contributed by atoms with E-state index in [0.29, 0.717) is 38.6 Å². The van der Waals surface area contributed by atoms with Gasteiger partial charge in [-0.2, -0.15) is 5.26 Å². The summed E-state index contributed by atoms with van der Waals surface area (Å²) in [6.45, 7) is 18.2. The molecule has 0 spiro atoms. The van der Waals surface area contributed by atoms with Crippen LogP contribution < -0.4 is 10.6 Å². The van der Waals surface area contributed by atoms with Crippen molar-refractivity contribution in [2.75, 3.05) is 45.8 Å². The van der Waals surface area contributed by atoms with E-state index in [9.17, 15) is 10.1 Å². The van der Waals surface area contributed by atoms with Crippen LogP contribution in [0.2, 0.25) is 0 Å². The Balaban J connectivity index is 1.64. The Kier molecular flexibility index (Phi) is 10.9. The van der Waals surface area contributed by atoms with Gasteiger partial charge in [0.25, 0.3) is 0 Å². The van der Waals surface area contributed by atoms with Gasteiger partial charge < -0.3 is 20.1 Å². The van der Waals surface area contributed by atoms with Gasteiger partial charge in [-0.15, -0.1) is 0 Å². The second-order valence-electron chi connectivity index (χ2n) is 12.3. The number of nitrogens with zero attached hydrogens (tertiary/aromatic N) is 4. The molecule has 0 saturated carbocycles. The van der Waals surface area contributed by atoms with Crippen LogP contribution in [0.15, 0.2) is 41.4 Å². The highest BCUT2D eigenvalue weighted by Gasteiger charge is 2.33. The summed E-state index contributed by atoms with van der Waals surface area (Å²) in [5, 5.41) is 16.6. The fraction of sp³-hybridized carbons (Fsp3) is 0.514. The molecule has 8 nitrogen and oxygen atoms in total. The van der Waals surface area contributed by atoms with E-state index in [4.69, 9.17) is 0 Å². The zero-order chi connectivity index (χ0) is 31.0. The molecular weight excluding hydrogens is 534 g/mol. The average molecular weight is 584 g/mol. The molecule has 1 saturated heterocycles. The van der Waals surface area contributed by atoms with Gasteiger partial charge in [0.15, 0.2) is 6.19 Å². The van der Waals surface area contributed by atoms with Crippen LogP contribution in [0.25, 0.3) is 22.2 Å². The number of fused-ring (bicyclic) bond motifs is 1. The number of likely N-dealkylation sites (N-methyl/N-ethyl adjacent to an activating group) is 1. The van der Waals surface area contributed by atoms with Crippen molar-refractivity contribution in [1.82, 2.24) is 25.4 Å². The Hall–Kier alpha value is -3.83. The number of carbonyl (C=O) groups excluding carboxylic acids is 1. The number of nitriles is 1. The van der Waals surface area contributed by atoms with Crippen LogP contribution in [0.5, 0.6) is 0 Å². The quantitative estimate of drug-likeness (QED) is 0.117. The zero-order valence-electron chi connectivity index (χ0n) is 26.9. The highest BCUT2D eigenvalue weighted by Crippen LogP contribution is 2.35. The number of likely N-dealkylation sites (tertiary alicyclic amines) is 1. The van der Waals surface area contributed by atoms with Crippen molar-refractivity contribution in [3.8, 4) is 17.5 Å². The van der Waals surface area contributed by atoms with Crippen LogP contribution in [0.1, 0.15) is 69.2 Å². The van der Waals surface area contributed by atoms with Gasteiger partial charge in [-0.1, -0.05) is 29.7 Å². The number of amides is 1. The molecule has 43 heavy (non-hydrogen) atoms. The fourth-order valence-corrected chi connectivity index (χ4v) is 6.28. The molecule has 3 N–H and O–H groups in total. The van der Waals surface area contributed by atoms with E-state index < -0.39 is 5.41 Å². The molecule has 1 amide bonds. The van der Waals surface area contributed by atoms with E-state index in [0.717, 1.165) is 47.4 Å². The molecule has 230 valence electrons. The second kappa shape index (κ2) is 14.6. The lowest BCUT2D eigenvalue weighted by atomic mass is 9.82. The predicted octanol–water partition coefficient (Wildman–Crippen LogP) is 5.64. The van der Waals surface area contributed by atoms with Gasteiger partial charge in [-0.25, -0.2) is 0 Å². The van der Waals surface area contributed by atoms with Gasteiger partial charge in [-0.05, 0) is 115 Å². The first kappa shape index (κ1) is 32.1. The molecule has 0 unspecified atom stereocenters. The maximum Gasteiger partial charge on any atom is 0.232 e. The minimum atomic E-state index is -0.655. The van der Waals surface area contributed by atoms with Gasteiger partial charge in [0, 0.05) is 42.8 Å². The van der Waals surface area contributed by atoms with Gasteiger partial charge in [0.1, 0.15) is 0 Å². The standard InChI is InChI=1S/C35H49N7O/c1-7-42(8-2)33(43)35(5,6)28-12-13-31-30(23-28)29(32(40-31)27-21-25(3)20-26(4)22-27)14-15-37-34(39-24-36)38-16-19-41-17-10-9-11-18-41/h12-13,20-23,40H,7-11,14-19H2,1-6H3,(H2,37,38,39). The summed E-state index contributed by atoms with van der Waals surface area (Å²) < 4.78 is 0. The summed E-state index contributed by atoms with van der Waals surface area (Å²) in [4.78, 5) is 26.2. The van der Waals surface area contributed by atoms with Crippen LogP contribution >= 0.6 is 0 Å². The molecule has 0 atom stereocenters. The van der Waals surface area contributed by atoms with Crippen molar-refractivity contribution in [2.45, 2.75) is 72.6 Å². The third-order valence-electron chi connectivity index (χ3n) is 8.70. The van der Waals surface area contributed by atoms with Crippen LogP contribution in [0.4, 0.5) is 0 Å². The minimum absolute atomic E-state index is 0.137. The zero-order valence-corrected chi connectivity index (χ0v) is 26.9. The average Bonchev–Trinajstić information content (AvgIpc) is 3.35. The molecule has 2 aromatic carbocycles. The minimum Gasteiger partial charge on any atom is -0.355 e. The number of carbonyl (C=O) groups is 1. The molecule has 1 aliphatic heterocycles. The predicted molar refractivity (Wildman–Crippen MR) is 177 cm³/mol. The van der Waals surface area contributed by atoms with E-state index in [1.54, 1.807) is 0 Å². The lowest BCUT2D eigenvalue weighted by Gasteiger charge is -2.31.